The van der Waals surface area contributed by atoms with Crippen molar-refractivity contribution in [3.05, 3.63) is 36.0 Å². The van der Waals surface area contributed by atoms with Crippen LogP contribution in [0, 0.1) is 0 Å². The number of benzene rings is 1. The molecule has 0 saturated carbocycles. The van der Waals surface area contributed by atoms with Gasteiger partial charge in [0.15, 0.2) is 0 Å². The van der Waals surface area contributed by atoms with E-state index in [0.717, 1.165) is 16.5 Å². The Kier molecular flexibility index (Phi) is 5.25. The van der Waals surface area contributed by atoms with Gasteiger partial charge in [0.25, 0.3) is 0 Å². The Bertz CT molecular complexity index is 829. The highest BCUT2D eigenvalue weighted by molar-refractivity contribution is 5.98. The molecular formula is C19H23N3O4. The van der Waals surface area contributed by atoms with E-state index in [1.165, 1.54) is 0 Å². The number of carbonyl (C=O) groups excluding carboxylic acids is 3. The van der Waals surface area contributed by atoms with Gasteiger partial charge in [-0.1, -0.05) is 25.1 Å². The third-order valence-electron chi connectivity index (χ3n) is 4.77. The zero-order valence-electron chi connectivity index (χ0n) is 14.9. The van der Waals surface area contributed by atoms with Gasteiger partial charge in [0, 0.05) is 29.4 Å². The second kappa shape index (κ2) is 7.59. The van der Waals surface area contributed by atoms with Crippen molar-refractivity contribution in [1.82, 2.24) is 15.6 Å². The third-order valence-corrected chi connectivity index (χ3v) is 4.77. The van der Waals surface area contributed by atoms with Crippen molar-refractivity contribution in [2.24, 2.45) is 0 Å². The van der Waals surface area contributed by atoms with E-state index in [2.05, 4.69) is 15.6 Å². The average Bonchev–Trinajstić information content (AvgIpc) is 3.06. The number of piperazine rings is 1. The largest absolute Gasteiger partial charge is 0.466 e. The van der Waals surface area contributed by atoms with E-state index in [1.807, 2.05) is 37.4 Å². The molecule has 2 amide bonds. The molecule has 3 atom stereocenters. The highest BCUT2D eigenvalue weighted by Crippen LogP contribution is 2.28. The predicted molar refractivity (Wildman–Crippen MR) is 96.4 cm³/mol. The molecule has 1 unspecified atom stereocenters. The average molecular weight is 357 g/mol. The van der Waals surface area contributed by atoms with Crippen molar-refractivity contribution in [3.63, 3.8) is 0 Å². The molecule has 1 fully saturated rings. The van der Waals surface area contributed by atoms with Crippen LogP contribution in [0.3, 0.4) is 0 Å². The number of rotatable bonds is 6. The molecule has 2 aromatic rings. The molecule has 0 radical (unpaired) electrons. The highest BCUT2D eigenvalue weighted by Gasteiger charge is 2.37. The van der Waals surface area contributed by atoms with Crippen LogP contribution in [0.25, 0.3) is 10.9 Å². The van der Waals surface area contributed by atoms with Gasteiger partial charge in [0.1, 0.15) is 12.1 Å². The topological polar surface area (TPSA) is 100 Å². The van der Waals surface area contributed by atoms with Gasteiger partial charge in [0.05, 0.1) is 6.61 Å². The Balaban J connectivity index is 1.68. The van der Waals surface area contributed by atoms with Crippen molar-refractivity contribution < 1.29 is 19.1 Å². The zero-order valence-corrected chi connectivity index (χ0v) is 14.9. The molecule has 1 aromatic heterocycles. The van der Waals surface area contributed by atoms with Crippen LogP contribution in [0.5, 0.6) is 0 Å². The molecule has 0 bridgehead atoms. The molecule has 1 aliphatic heterocycles. The first-order valence-corrected chi connectivity index (χ1v) is 8.83. The SMILES string of the molecule is CCOC(=O)CC[C@H]1NC(=O)[C@@H](C(C)c2c[nH]c3ccccc23)NC1=O. The number of aromatic nitrogens is 1. The predicted octanol–water partition coefficient (Wildman–Crippen LogP) is 1.60. The van der Waals surface area contributed by atoms with Crippen molar-refractivity contribution >= 4 is 28.7 Å². The van der Waals surface area contributed by atoms with Crippen molar-refractivity contribution in [1.29, 1.82) is 0 Å². The number of amides is 2. The van der Waals surface area contributed by atoms with Gasteiger partial charge >= 0.3 is 5.97 Å². The van der Waals surface area contributed by atoms with Gasteiger partial charge in [0.2, 0.25) is 11.8 Å². The lowest BCUT2D eigenvalue weighted by Gasteiger charge is -2.32. The van der Waals surface area contributed by atoms with Crippen molar-refractivity contribution in [3.8, 4) is 0 Å². The number of nitrogens with one attached hydrogen (secondary N) is 3. The summed E-state index contributed by atoms with van der Waals surface area (Å²) in [6.45, 7) is 3.94. The van der Waals surface area contributed by atoms with Crippen molar-refractivity contribution in [2.75, 3.05) is 6.61 Å². The molecule has 2 heterocycles. The van der Waals surface area contributed by atoms with Crippen LogP contribution in [-0.4, -0.2) is 41.5 Å². The van der Waals surface area contributed by atoms with E-state index >= 15 is 0 Å². The van der Waals surface area contributed by atoms with Gasteiger partial charge in [-0.25, -0.2) is 0 Å². The molecule has 3 N–H and O–H groups in total. The first-order valence-electron chi connectivity index (χ1n) is 8.83. The van der Waals surface area contributed by atoms with Crippen molar-refractivity contribution in [2.45, 2.75) is 44.7 Å². The van der Waals surface area contributed by atoms with E-state index < -0.39 is 12.1 Å². The van der Waals surface area contributed by atoms with Crippen LogP contribution in [0.2, 0.25) is 0 Å². The van der Waals surface area contributed by atoms with E-state index in [4.69, 9.17) is 4.74 Å². The fourth-order valence-electron chi connectivity index (χ4n) is 3.35. The Morgan fingerprint density at radius 2 is 1.96 bits per heavy atom. The van der Waals surface area contributed by atoms with Crippen LogP contribution in [0.1, 0.15) is 38.2 Å². The minimum absolute atomic E-state index is 0.0921. The molecule has 138 valence electrons. The number of ether oxygens (including phenoxy) is 1. The quantitative estimate of drug-likeness (QED) is 0.684. The molecule has 0 aliphatic carbocycles. The minimum atomic E-state index is -0.710. The van der Waals surface area contributed by atoms with Crippen LogP contribution in [0.15, 0.2) is 30.5 Å². The van der Waals surface area contributed by atoms with Crippen LogP contribution in [0.4, 0.5) is 0 Å². The zero-order chi connectivity index (χ0) is 18.7. The number of aromatic amines is 1. The molecule has 1 saturated heterocycles. The molecule has 7 nitrogen and oxygen atoms in total. The van der Waals surface area contributed by atoms with Gasteiger partial charge in [-0.15, -0.1) is 0 Å². The lowest BCUT2D eigenvalue weighted by atomic mass is 9.90. The highest BCUT2D eigenvalue weighted by atomic mass is 16.5. The number of para-hydroxylation sites is 1. The number of hydrogen-bond acceptors (Lipinski definition) is 4. The monoisotopic (exact) mass is 357 g/mol. The summed E-state index contributed by atoms with van der Waals surface area (Å²) in [5.74, 6) is -1.08. The molecular weight excluding hydrogens is 334 g/mol. The Morgan fingerprint density at radius 1 is 1.19 bits per heavy atom. The van der Waals surface area contributed by atoms with E-state index in [1.54, 1.807) is 6.92 Å². The minimum Gasteiger partial charge on any atom is -0.466 e. The number of H-pyrrole nitrogens is 1. The lowest BCUT2D eigenvalue weighted by molar-refractivity contribution is -0.144. The van der Waals surface area contributed by atoms with Crippen LogP contribution in [-0.2, 0) is 19.1 Å². The summed E-state index contributed by atoms with van der Waals surface area (Å²) in [6.07, 6.45) is 2.20. The fraction of sp³-hybridized carbons (Fsp3) is 0.421. The first kappa shape index (κ1) is 18.0. The van der Waals surface area contributed by atoms with E-state index in [9.17, 15) is 14.4 Å². The summed E-state index contributed by atoms with van der Waals surface area (Å²) in [6, 6.07) is 6.48. The maximum atomic E-state index is 12.5. The molecule has 26 heavy (non-hydrogen) atoms. The summed E-state index contributed by atoms with van der Waals surface area (Å²) >= 11 is 0. The van der Waals surface area contributed by atoms with E-state index in [-0.39, 0.29) is 36.5 Å². The van der Waals surface area contributed by atoms with Crippen LogP contribution >= 0.6 is 0 Å². The molecule has 1 aromatic carbocycles. The second-order valence-corrected chi connectivity index (χ2v) is 6.47. The number of esters is 1. The Labute approximate surface area is 151 Å². The summed E-state index contributed by atoms with van der Waals surface area (Å²) in [5, 5.41) is 6.58. The van der Waals surface area contributed by atoms with E-state index in [0.29, 0.717) is 6.61 Å². The lowest BCUT2D eigenvalue weighted by Crippen LogP contribution is -2.63. The maximum Gasteiger partial charge on any atom is 0.305 e. The van der Waals surface area contributed by atoms with Gasteiger partial charge < -0.3 is 20.4 Å². The number of hydrogen-bond donors (Lipinski definition) is 3. The fourth-order valence-corrected chi connectivity index (χ4v) is 3.35. The Morgan fingerprint density at radius 3 is 2.73 bits per heavy atom. The number of carbonyl (C=O) groups is 3. The first-order chi connectivity index (χ1) is 12.5. The normalized spacial score (nSPS) is 21.2. The standard InChI is InChI=1S/C19H23N3O4/c1-3-26-16(23)9-8-15-18(24)22-17(19(25)21-15)11(2)13-10-20-14-7-5-4-6-12(13)14/h4-7,10-11,15,17,20H,3,8-9H2,1-2H3,(H,21,25)(H,22,24)/t11?,15-,17-/m1/s1. The molecule has 1 aliphatic rings. The summed E-state index contributed by atoms with van der Waals surface area (Å²) in [5.41, 5.74) is 1.97. The van der Waals surface area contributed by atoms with Gasteiger partial charge in [-0.05, 0) is 25.0 Å². The second-order valence-electron chi connectivity index (χ2n) is 6.47. The maximum absolute atomic E-state index is 12.5. The summed E-state index contributed by atoms with van der Waals surface area (Å²) in [7, 11) is 0. The smallest absolute Gasteiger partial charge is 0.305 e. The summed E-state index contributed by atoms with van der Waals surface area (Å²) in [4.78, 5) is 39.6. The van der Waals surface area contributed by atoms with Crippen LogP contribution < -0.4 is 10.6 Å². The number of fused-ring (bicyclic) bond motifs is 1. The Hall–Kier alpha value is -2.83. The molecule has 7 heteroatoms. The third kappa shape index (κ3) is 3.56. The van der Waals surface area contributed by atoms with Gasteiger partial charge in [-0.3, -0.25) is 14.4 Å². The molecule has 3 rings (SSSR count). The summed E-state index contributed by atoms with van der Waals surface area (Å²) < 4.78 is 4.86. The molecule has 0 spiro atoms. The van der Waals surface area contributed by atoms with Gasteiger partial charge in [-0.2, -0.15) is 0 Å².